The Labute approximate surface area is 173 Å². The molecule has 0 aliphatic carbocycles. The van der Waals surface area contributed by atoms with Crippen molar-refractivity contribution in [3.05, 3.63) is 0 Å². The molecule has 0 rings (SSSR count). The van der Waals surface area contributed by atoms with Gasteiger partial charge in [0.25, 0.3) is 0 Å². The van der Waals surface area contributed by atoms with Crippen LogP contribution in [0.1, 0.15) is 58.3 Å². The molecule has 0 saturated carbocycles. The molecular weight excluding hydrogens is 382 g/mol. The molecule has 2 N–H and O–H groups in total. The number of esters is 1. The van der Waals surface area contributed by atoms with Crippen molar-refractivity contribution in [1.82, 2.24) is 5.32 Å². The maximum Gasteiger partial charge on any atom is 0.305 e. The molecule has 0 aromatic carbocycles. The fourth-order valence-corrected chi connectivity index (χ4v) is 2.24. The largest absolute Gasteiger partial charge is 0.481 e. The number of carbonyl (C=O) groups is 3. The number of amides is 1. The summed E-state index contributed by atoms with van der Waals surface area (Å²) < 4.78 is 21.1. The van der Waals surface area contributed by atoms with Crippen LogP contribution in [0.4, 0.5) is 0 Å². The highest BCUT2D eigenvalue weighted by atomic mass is 16.6. The maximum atomic E-state index is 11.4. The van der Waals surface area contributed by atoms with Crippen LogP contribution in [0.15, 0.2) is 0 Å². The number of carboxylic acid groups (broad SMARTS) is 1. The fourth-order valence-electron chi connectivity index (χ4n) is 2.24. The van der Waals surface area contributed by atoms with Crippen molar-refractivity contribution < 1.29 is 38.4 Å². The standard InChI is InChI=1S/C20H37NO8/c1-2-3-4-5-7-20(25)29-17-16-28-15-14-27-13-12-26-11-6-10-21-18(22)8-9-19(23)24/h2-17H2,1H3,(H,21,22)(H,23,24). The van der Waals surface area contributed by atoms with Gasteiger partial charge in [-0.05, 0) is 12.8 Å². The predicted molar refractivity (Wildman–Crippen MR) is 107 cm³/mol. The van der Waals surface area contributed by atoms with Gasteiger partial charge in [0.05, 0.1) is 39.5 Å². The molecule has 0 heterocycles. The van der Waals surface area contributed by atoms with Gasteiger partial charge in [0.15, 0.2) is 0 Å². The van der Waals surface area contributed by atoms with E-state index in [4.69, 9.17) is 24.1 Å². The Hall–Kier alpha value is -1.71. The van der Waals surface area contributed by atoms with Crippen LogP contribution in [0, 0.1) is 0 Å². The van der Waals surface area contributed by atoms with E-state index in [1.54, 1.807) is 0 Å². The van der Waals surface area contributed by atoms with E-state index in [-0.39, 0.29) is 31.3 Å². The van der Waals surface area contributed by atoms with E-state index >= 15 is 0 Å². The number of hydrogen-bond donors (Lipinski definition) is 2. The molecule has 0 fully saturated rings. The number of nitrogens with one attached hydrogen (secondary N) is 1. The van der Waals surface area contributed by atoms with Crippen molar-refractivity contribution >= 4 is 17.8 Å². The molecule has 0 bridgehead atoms. The number of aliphatic carboxylic acids is 1. The lowest BCUT2D eigenvalue weighted by Gasteiger charge is -2.08. The topological polar surface area (TPSA) is 120 Å². The second kappa shape index (κ2) is 21.0. The number of carbonyl (C=O) groups excluding carboxylic acids is 2. The Bertz CT molecular complexity index is 431. The summed E-state index contributed by atoms with van der Waals surface area (Å²) in [7, 11) is 0. The van der Waals surface area contributed by atoms with E-state index in [2.05, 4.69) is 12.2 Å². The summed E-state index contributed by atoms with van der Waals surface area (Å²) in [6, 6.07) is 0. The number of hydrogen-bond acceptors (Lipinski definition) is 7. The molecule has 9 heteroatoms. The van der Waals surface area contributed by atoms with Gasteiger partial charge in [-0.15, -0.1) is 0 Å². The first-order valence-corrected chi connectivity index (χ1v) is 10.4. The number of carboxylic acids is 1. The van der Waals surface area contributed by atoms with E-state index in [0.29, 0.717) is 59.0 Å². The molecule has 0 aliphatic heterocycles. The van der Waals surface area contributed by atoms with Crippen LogP contribution < -0.4 is 5.32 Å². The van der Waals surface area contributed by atoms with Gasteiger partial charge in [-0.2, -0.15) is 0 Å². The molecule has 0 aliphatic rings. The van der Waals surface area contributed by atoms with Crippen LogP contribution in [0.5, 0.6) is 0 Å². The van der Waals surface area contributed by atoms with Crippen molar-refractivity contribution in [3.63, 3.8) is 0 Å². The van der Waals surface area contributed by atoms with E-state index in [1.807, 2.05) is 0 Å². The lowest BCUT2D eigenvalue weighted by molar-refractivity contribution is -0.145. The molecule has 0 spiro atoms. The van der Waals surface area contributed by atoms with E-state index < -0.39 is 5.97 Å². The summed E-state index contributed by atoms with van der Waals surface area (Å²) in [6.45, 7) is 5.46. The second-order valence-electron chi connectivity index (χ2n) is 6.47. The summed E-state index contributed by atoms with van der Waals surface area (Å²) in [5.74, 6) is -1.42. The fraction of sp³-hybridized carbons (Fsp3) is 0.850. The van der Waals surface area contributed by atoms with Gasteiger partial charge in [0, 0.05) is 26.0 Å². The lowest BCUT2D eigenvalue weighted by atomic mass is 10.2. The Kier molecular flexibility index (Phi) is 19.8. The maximum absolute atomic E-state index is 11.4. The van der Waals surface area contributed by atoms with Gasteiger partial charge in [-0.1, -0.05) is 26.2 Å². The average Bonchev–Trinajstić information content (AvgIpc) is 2.69. The molecular formula is C20H37NO8. The van der Waals surface area contributed by atoms with Crippen LogP contribution in [0.25, 0.3) is 0 Å². The van der Waals surface area contributed by atoms with E-state index in [0.717, 1.165) is 25.7 Å². The summed E-state index contributed by atoms with van der Waals surface area (Å²) >= 11 is 0. The Morgan fingerprint density at radius 3 is 1.97 bits per heavy atom. The summed E-state index contributed by atoms with van der Waals surface area (Å²) in [5.41, 5.74) is 0. The monoisotopic (exact) mass is 419 g/mol. The summed E-state index contributed by atoms with van der Waals surface area (Å²) in [6.07, 6.45) is 5.20. The first kappa shape index (κ1) is 27.3. The minimum Gasteiger partial charge on any atom is -0.481 e. The van der Waals surface area contributed by atoms with E-state index in [1.165, 1.54) is 0 Å². The number of rotatable bonds is 21. The predicted octanol–water partition coefficient (Wildman–Crippen LogP) is 1.92. The molecule has 0 atom stereocenters. The van der Waals surface area contributed by atoms with Crippen LogP contribution in [-0.4, -0.2) is 75.7 Å². The zero-order valence-electron chi connectivity index (χ0n) is 17.6. The zero-order chi connectivity index (χ0) is 21.6. The van der Waals surface area contributed by atoms with Gasteiger partial charge in [-0.3, -0.25) is 14.4 Å². The molecule has 0 aromatic rings. The summed E-state index contributed by atoms with van der Waals surface area (Å²) in [5, 5.41) is 11.1. The van der Waals surface area contributed by atoms with Crippen molar-refractivity contribution in [3.8, 4) is 0 Å². The third-order valence-corrected chi connectivity index (χ3v) is 3.82. The van der Waals surface area contributed by atoms with Crippen molar-refractivity contribution in [2.24, 2.45) is 0 Å². The highest BCUT2D eigenvalue weighted by Gasteiger charge is 2.04. The molecule has 170 valence electrons. The van der Waals surface area contributed by atoms with Gasteiger partial charge >= 0.3 is 11.9 Å². The second-order valence-corrected chi connectivity index (χ2v) is 6.47. The third-order valence-electron chi connectivity index (χ3n) is 3.82. The minimum atomic E-state index is -0.981. The zero-order valence-corrected chi connectivity index (χ0v) is 17.6. The van der Waals surface area contributed by atoms with Crippen LogP contribution in [0.3, 0.4) is 0 Å². The minimum absolute atomic E-state index is 0.00637. The first-order valence-electron chi connectivity index (χ1n) is 10.4. The molecule has 0 radical (unpaired) electrons. The Morgan fingerprint density at radius 2 is 1.34 bits per heavy atom. The third kappa shape index (κ3) is 22.4. The van der Waals surface area contributed by atoms with Gasteiger partial charge < -0.3 is 29.4 Å². The van der Waals surface area contributed by atoms with Crippen LogP contribution in [0.2, 0.25) is 0 Å². The number of unbranched alkanes of at least 4 members (excludes halogenated alkanes) is 3. The van der Waals surface area contributed by atoms with Crippen molar-refractivity contribution in [1.29, 1.82) is 0 Å². The van der Waals surface area contributed by atoms with Gasteiger partial charge in [-0.25, -0.2) is 0 Å². The smallest absolute Gasteiger partial charge is 0.305 e. The molecule has 0 unspecified atom stereocenters. The van der Waals surface area contributed by atoms with Crippen LogP contribution in [-0.2, 0) is 33.3 Å². The van der Waals surface area contributed by atoms with Gasteiger partial charge in [0.1, 0.15) is 6.61 Å². The molecule has 0 aromatic heterocycles. The van der Waals surface area contributed by atoms with Crippen molar-refractivity contribution in [2.45, 2.75) is 58.3 Å². The normalized spacial score (nSPS) is 10.7. The average molecular weight is 420 g/mol. The quantitative estimate of drug-likeness (QED) is 0.214. The molecule has 9 nitrogen and oxygen atoms in total. The van der Waals surface area contributed by atoms with Crippen molar-refractivity contribution in [2.75, 3.05) is 52.8 Å². The lowest BCUT2D eigenvalue weighted by Crippen LogP contribution is -2.25. The summed E-state index contributed by atoms with van der Waals surface area (Å²) in [4.78, 5) is 33.0. The Balaban J connectivity index is 3.19. The highest BCUT2D eigenvalue weighted by Crippen LogP contribution is 2.03. The van der Waals surface area contributed by atoms with Crippen LogP contribution >= 0.6 is 0 Å². The van der Waals surface area contributed by atoms with Gasteiger partial charge in [0.2, 0.25) is 5.91 Å². The van der Waals surface area contributed by atoms with E-state index in [9.17, 15) is 14.4 Å². The Morgan fingerprint density at radius 1 is 0.724 bits per heavy atom. The molecule has 0 saturated heterocycles. The number of ether oxygens (including phenoxy) is 4. The molecule has 29 heavy (non-hydrogen) atoms. The molecule has 1 amide bonds. The highest BCUT2D eigenvalue weighted by molar-refractivity contribution is 5.80. The first-order chi connectivity index (χ1) is 14.1. The SMILES string of the molecule is CCCCCCC(=O)OCCOCCOCCOCCCNC(=O)CCC(=O)O.